The van der Waals surface area contributed by atoms with Crippen LogP contribution in [-0.2, 0) is 6.42 Å². The van der Waals surface area contributed by atoms with Gasteiger partial charge in [0.15, 0.2) is 0 Å². The number of nitrogens with two attached hydrogens (primary N) is 1. The number of hydrogen-bond donors (Lipinski definition) is 1. The Labute approximate surface area is 121 Å². The molecular formula is C15H16INO. The second kappa shape index (κ2) is 6.20. The summed E-state index contributed by atoms with van der Waals surface area (Å²) in [5.41, 5.74) is 7.01. The van der Waals surface area contributed by atoms with E-state index in [1.807, 2.05) is 49.4 Å². The molecule has 0 heterocycles. The van der Waals surface area contributed by atoms with Crippen LogP contribution in [0.3, 0.4) is 0 Å². The molecule has 2 rings (SSSR count). The van der Waals surface area contributed by atoms with Crippen LogP contribution in [0.1, 0.15) is 12.5 Å². The minimum Gasteiger partial charge on any atom is -0.457 e. The number of halogens is 1. The first-order valence-corrected chi connectivity index (χ1v) is 6.99. The minimum atomic E-state index is 0.165. The van der Waals surface area contributed by atoms with E-state index < -0.39 is 0 Å². The van der Waals surface area contributed by atoms with E-state index in [4.69, 9.17) is 10.5 Å². The van der Waals surface area contributed by atoms with Crippen LogP contribution in [0.15, 0.2) is 48.5 Å². The van der Waals surface area contributed by atoms with Crippen LogP contribution >= 0.6 is 22.6 Å². The van der Waals surface area contributed by atoms with E-state index in [1.54, 1.807) is 0 Å². The monoisotopic (exact) mass is 353 g/mol. The van der Waals surface area contributed by atoms with Gasteiger partial charge in [0.25, 0.3) is 0 Å². The molecule has 18 heavy (non-hydrogen) atoms. The molecule has 0 saturated carbocycles. The van der Waals surface area contributed by atoms with Crippen LogP contribution in [0.4, 0.5) is 0 Å². The van der Waals surface area contributed by atoms with Crippen LogP contribution in [-0.4, -0.2) is 6.04 Å². The molecule has 0 spiro atoms. The van der Waals surface area contributed by atoms with Gasteiger partial charge >= 0.3 is 0 Å². The predicted octanol–water partition coefficient (Wildman–Crippen LogP) is 3.97. The van der Waals surface area contributed by atoms with Crippen LogP contribution in [0.2, 0.25) is 0 Å². The smallest absolute Gasteiger partial charge is 0.128 e. The molecule has 0 radical (unpaired) electrons. The van der Waals surface area contributed by atoms with Crippen molar-refractivity contribution >= 4 is 22.6 Å². The van der Waals surface area contributed by atoms with Gasteiger partial charge in [-0.05, 0) is 71.8 Å². The molecule has 0 aromatic heterocycles. The fourth-order valence-electron chi connectivity index (χ4n) is 1.77. The highest BCUT2D eigenvalue weighted by Crippen LogP contribution is 2.23. The SMILES string of the molecule is CC(N)Cc1cccc(Oc2cccc(I)c2)c1. The number of rotatable bonds is 4. The largest absolute Gasteiger partial charge is 0.457 e. The third kappa shape index (κ3) is 3.99. The van der Waals surface area contributed by atoms with Gasteiger partial charge in [0.2, 0.25) is 0 Å². The Balaban J connectivity index is 2.14. The van der Waals surface area contributed by atoms with Gasteiger partial charge in [-0.3, -0.25) is 0 Å². The summed E-state index contributed by atoms with van der Waals surface area (Å²) in [7, 11) is 0. The number of ether oxygens (including phenoxy) is 1. The molecule has 3 heteroatoms. The Kier molecular flexibility index (Phi) is 4.60. The first-order valence-electron chi connectivity index (χ1n) is 5.91. The molecule has 1 unspecified atom stereocenters. The summed E-state index contributed by atoms with van der Waals surface area (Å²) < 4.78 is 7.00. The zero-order valence-electron chi connectivity index (χ0n) is 10.3. The van der Waals surface area contributed by atoms with Gasteiger partial charge in [-0.2, -0.15) is 0 Å². The molecule has 2 aromatic rings. The van der Waals surface area contributed by atoms with E-state index in [-0.39, 0.29) is 6.04 Å². The third-order valence-electron chi connectivity index (χ3n) is 2.49. The Morgan fingerprint density at radius 3 is 2.44 bits per heavy atom. The van der Waals surface area contributed by atoms with Crippen LogP contribution in [0.25, 0.3) is 0 Å². The van der Waals surface area contributed by atoms with E-state index in [0.29, 0.717) is 0 Å². The lowest BCUT2D eigenvalue weighted by Gasteiger charge is -2.09. The lowest BCUT2D eigenvalue weighted by atomic mass is 10.1. The highest BCUT2D eigenvalue weighted by molar-refractivity contribution is 14.1. The first kappa shape index (κ1) is 13.4. The highest BCUT2D eigenvalue weighted by Gasteiger charge is 2.02. The molecular weight excluding hydrogens is 337 g/mol. The van der Waals surface area contributed by atoms with E-state index in [0.717, 1.165) is 21.5 Å². The molecule has 0 aliphatic heterocycles. The summed E-state index contributed by atoms with van der Waals surface area (Å²) in [4.78, 5) is 0. The molecule has 2 nitrogen and oxygen atoms in total. The summed E-state index contributed by atoms with van der Waals surface area (Å²) in [6.07, 6.45) is 0.865. The van der Waals surface area contributed by atoms with Crippen molar-refractivity contribution in [3.8, 4) is 11.5 Å². The number of benzene rings is 2. The molecule has 94 valence electrons. The van der Waals surface area contributed by atoms with Gasteiger partial charge in [-0.25, -0.2) is 0 Å². The Morgan fingerprint density at radius 2 is 1.78 bits per heavy atom. The second-order valence-electron chi connectivity index (χ2n) is 4.39. The van der Waals surface area contributed by atoms with Crippen molar-refractivity contribution in [2.45, 2.75) is 19.4 Å². The Bertz CT molecular complexity index is 525. The molecule has 2 N–H and O–H groups in total. The average Bonchev–Trinajstić information content (AvgIpc) is 2.28. The normalized spacial score (nSPS) is 12.2. The quantitative estimate of drug-likeness (QED) is 0.845. The van der Waals surface area contributed by atoms with E-state index >= 15 is 0 Å². The lowest BCUT2D eigenvalue weighted by Crippen LogP contribution is -2.17. The molecule has 0 saturated heterocycles. The van der Waals surface area contributed by atoms with E-state index in [1.165, 1.54) is 5.56 Å². The molecule has 0 bridgehead atoms. The minimum absolute atomic E-state index is 0.165. The standard InChI is InChI=1S/C15H16INO/c1-11(17)8-12-4-2-6-14(9-12)18-15-7-3-5-13(16)10-15/h2-7,9-11H,8,17H2,1H3. The van der Waals surface area contributed by atoms with Crippen molar-refractivity contribution in [3.05, 3.63) is 57.7 Å². The maximum Gasteiger partial charge on any atom is 0.128 e. The summed E-state index contributed by atoms with van der Waals surface area (Å²) >= 11 is 2.27. The molecule has 0 fully saturated rings. The highest BCUT2D eigenvalue weighted by atomic mass is 127. The summed E-state index contributed by atoms with van der Waals surface area (Å²) in [6.45, 7) is 2.01. The van der Waals surface area contributed by atoms with Gasteiger partial charge in [0.05, 0.1) is 0 Å². The van der Waals surface area contributed by atoms with Gasteiger partial charge < -0.3 is 10.5 Å². The topological polar surface area (TPSA) is 35.2 Å². The van der Waals surface area contributed by atoms with Gasteiger partial charge in [-0.15, -0.1) is 0 Å². The second-order valence-corrected chi connectivity index (χ2v) is 5.63. The van der Waals surface area contributed by atoms with Crippen LogP contribution in [0.5, 0.6) is 11.5 Å². The van der Waals surface area contributed by atoms with Crippen molar-refractivity contribution in [1.29, 1.82) is 0 Å². The zero-order valence-corrected chi connectivity index (χ0v) is 12.4. The Hall–Kier alpha value is -1.07. The van der Waals surface area contributed by atoms with Gasteiger partial charge in [0, 0.05) is 9.61 Å². The van der Waals surface area contributed by atoms with Gasteiger partial charge in [-0.1, -0.05) is 18.2 Å². The third-order valence-corrected chi connectivity index (χ3v) is 3.16. The fraction of sp³-hybridized carbons (Fsp3) is 0.200. The first-order chi connectivity index (χ1) is 8.63. The molecule has 2 aromatic carbocycles. The van der Waals surface area contributed by atoms with Crippen LogP contribution < -0.4 is 10.5 Å². The van der Waals surface area contributed by atoms with E-state index in [2.05, 4.69) is 28.7 Å². The van der Waals surface area contributed by atoms with Crippen molar-refractivity contribution in [1.82, 2.24) is 0 Å². The zero-order chi connectivity index (χ0) is 13.0. The van der Waals surface area contributed by atoms with Gasteiger partial charge in [0.1, 0.15) is 11.5 Å². The van der Waals surface area contributed by atoms with Crippen LogP contribution in [0, 0.1) is 3.57 Å². The molecule has 0 aliphatic carbocycles. The van der Waals surface area contributed by atoms with Crippen molar-refractivity contribution < 1.29 is 4.74 Å². The Morgan fingerprint density at radius 1 is 1.11 bits per heavy atom. The molecule has 0 aliphatic rings. The maximum atomic E-state index is 5.84. The number of hydrogen-bond acceptors (Lipinski definition) is 2. The van der Waals surface area contributed by atoms with Crippen molar-refractivity contribution in [2.24, 2.45) is 5.73 Å². The fourth-order valence-corrected chi connectivity index (χ4v) is 2.29. The van der Waals surface area contributed by atoms with E-state index in [9.17, 15) is 0 Å². The molecule has 0 amide bonds. The van der Waals surface area contributed by atoms with Crippen molar-refractivity contribution in [3.63, 3.8) is 0 Å². The van der Waals surface area contributed by atoms with Crippen molar-refractivity contribution in [2.75, 3.05) is 0 Å². The predicted molar refractivity (Wildman–Crippen MR) is 83.0 cm³/mol. The summed E-state index contributed by atoms with van der Waals surface area (Å²) in [5, 5.41) is 0. The average molecular weight is 353 g/mol. The maximum absolute atomic E-state index is 5.84. The summed E-state index contributed by atoms with van der Waals surface area (Å²) in [6, 6.07) is 16.2. The lowest BCUT2D eigenvalue weighted by molar-refractivity contribution is 0.481. The summed E-state index contributed by atoms with van der Waals surface area (Å²) in [5.74, 6) is 1.72. The molecule has 1 atom stereocenters.